The first-order valence-corrected chi connectivity index (χ1v) is 11.4. The number of primary amides is 1. The minimum atomic E-state index is -0.831. The van der Waals surface area contributed by atoms with Gasteiger partial charge in [0.25, 0.3) is 0 Å². The molecule has 1 aliphatic carbocycles. The molecule has 1 aromatic carbocycles. The summed E-state index contributed by atoms with van der Waals surface area (Å²) in [5, 5.41) is 13.4. The van der Waals surface area contributed by atoms with Crippen molar-refractivity contribution < 1.29 is 24.0 Å². The molecule has 0 spiro atoms. The van der Waals surface area contributed by atoms with Gasteiger partial charge < -0.3 is 15.8 Å². The number of nitrogens with zero attached hydrogens (tertiary/aromatic N) is 3. The van der Waals surface area contributed by atoms with Gasteiger partial charge >= 0.3 is 6.03 Å². The summed E-state index contributed by atoms with van der Waals surface area (Å²) >= 11 is 0. The summed E-state index contributed by atoms with van der Waals surface area (Å²) in [7, 11) is 0. The Morgan fingerprint density at radius 1 is 1.26 bits per heavy atom. The zero-order valence-corrected chi connectivity index (χ0v) is 19.3. The lowest BCUT2D eigenvalue weighted by atomic mass is 9.74. The maximum Gasteiger partial charge on any atom is 0.344 e. The monoisotopic (exact) mass is 470 g/mol. The Balaban J connectivity index is 1.60. The number of hydrogen-bond acceptors (Lipinski definition) is 8. The molecule has 11 heteroatoms. The number of nitrogens with one attached hydrogen (secondary N) is 2. The summed E-state index contributed by atoms with van der Waals surface area (Å²) in [4.78, 5) is 61.0. The number of amides is 2. The van der Waals surface area contributed by atoms with Crippen LogP contribution in [0.4, 0.5) is 4.79 Å². The summed E-state index contributed by atoms with van der Waals surface area (Å²) in [6.45, 7) is 3.49. The lowest BCUT2D eigenvalue weighted by Gasteiger charge is -2.34. The Bertz CT molecular complexity index is 1080. The van der Waals surface area contributed by atoms with E-state index in [2.05, 4.69) is 20.9 Å². The number of rotatable bonds is 10. The quantitative estimate of drug-likeness (QED) is 0.428. The van der Waals surface area contributed by atoms with Gasteiger partial charge in [-0.25, -0.2) is 4.79 Å². The van der Waals surface area contributed by atoms with E-state index in [9.17, 15) is 24.0 Å². The molecule has 2 amide bonds. The molecule has 2 aromatic rings. The van der Waals surface area contributed by atoms with Gasteiger partial charge in [0.15, 0.2) is 11.6 Å². The topological polar surface area (TPSA) is 166 Å². The summed E-state index contributed by atoms with van der Waals surface area (Å²) < 4.78 is 1.10. The van der Waals surface area contributed by atoms with Crippen molar-refractivity contribution in [3.05, 3.63) is 24.3 Å². The van der Waals surface area contributed by atoms with E-state index in [1.54, 1.807) is 31.2 Å². The number of fused-ring (bicyclic) bond motifs is 1. The normalized spacial score (nSPS) is 22.2. The van der Waals surface area contributed by atoms with Gasteiger partial charge in [-0.2, -0.15) is 4.68 Å². The number of Topliss-reactive ketones (excluding diaryl/α,β-unsaturated/α-hetero) is 2. The molecule has 3 rings (SSSR count). The molecule has 1 fully saturated rings. The van der Waals surface area contributed by atoms with Gasteiger partial charge in [-0.3, -0.25) is 19.7 Å². The van der Waals surface area contributed by atoms with E-state index in [0.717, 1.165) is 4.68 Å². The lowest BCUT2D eigenvalue weighted by molar-refractivity contribution is -0.134. The Morgan fingerprint density at radius 3 is 2.71 bits per heavy atom. The molecule has 0 aliphatic heterocycles. The molecular weight excluding hydrogens is 440 g/mol. The maximum atomic E-state index is 13.1. The molecule has 4 unspecified atom stereocenters. The van der Waals surface area contributed by atoms with Crippen LogP contribution in [0.5, 0.6) is 0 Å². The van der Waals surface area contributed by atoms with Crippen LogP contribution in [0.25, 0.3) is 11.0 Å². The fraction of sp³-hybridized carbons (Fsp3) is 0.522. The molecule has 182 valence electrons. The number of nitrogens with two attached hydrogens (primary N) is 1. The molecule has 0 radical (unpaired) electrons. The summed E-state index contributed by atoms with van der Waals surface area (Å²) in [5.41, 5.74) is 6.22. The van der Waals surface area contributed by atoms with Crippen LogP contribution in [0.3, 0.4) is 0 Å². The number of aromatic nitrogens is 3. The molecule has 4 N–H and O–H groups in total. The highest BCUT2D eigenvalue weighted by Gasteiger charge is 2.38. The van der Waals surface area contributed by atoms with Crippen LogP contribution in [-0.2, 0) is 19.2 Å². The lowest BCUT2D eigenvalue weighted by Crippen LogP contribution is -2.51. The Morgan fingerprint density at radius 2 is 2.00 bits per heavy atom. The van der Waals surface area contributed by atoms with Crippen LogP contribution in [0.15, 0.2) is 24.3 Å². The zero-order valence-electron chi connectivity index (χ0n) is 19.3. The number of hydrogen-bond donors (Lipinski definition) is 3. The number of carbonyl (C=O) groups is 5. The highest BCUT2D eigenvalue weighted by Crippen LogP contribution is 2.30. The summed E-state index contributed by atoms with van der Waals surface area (Å²) in [6, 6.07) is 4.31. The minimum absolute atomic E-state index is 0.0167. The first kappa shape index (κ1) is 25.2. The average molecular weight is 471 g/mol. The van der Waals surface area contributed by atoms with Crippen molar-refractivity contribution in [1.29, 1.82) is 0 Å². The highest BCUT2D eigenvalue weighted by molar-refractivity contribution is 5.96. The van der Waals surface area contributed by atoms with Gasteiger partial charge in [0.1, 0.15) is 11.8 Å². The molecule has 5 atom stereocenters. The van der Waals surface area contributed by atoms with Crippen LogP contribution >= 0.6 is 0 Å². The first-order chi connectivity index (χ1) is 16.2. The molecule has 1 heterocycles. The Labute approximate surface area is 196 Å². The second kappa shape index (κ2) is 11.1. The highest BCUT2D eigenvalue weighted by atomic mass is 16.2. The molecule has 34 heavy (non-hydrogen) atoms. The van der Waals surface area contributed by atoms with Crippen molar-refractivity contribution in [1.82, 2.24) is 25.6 Å². The average Bonchev–Trinajstić information content (AvgIpc) is 3.24. The largest absolute Gasteiger partial charge is 0.370 e. The Hall–Kier alpha value is -3.47. The number of ketones is 2. The standard InChI is InChI=1S/C23H30N6O5/c1-13-7-9-18(26-15(12-30)8-10-21(24)32)22(33)16(13)11-20(31)14(2)25-23(34)29-19-6-4-3-5-17(19)27-28-29/h3-6,12-16,18,26H,7-11H2,1-2H3,(H2,24,32)(H,25,34)/t13?,14?,15-,16?,18?/m1/s1. The van der Waals surface area contributed by atoms with Crippen LogP contribution in [-0.4, -0.2) is 62.9 Å². The molecule has 1 aromatic heterocycles. The second-order valence-corrected chi connectivity index (χ2v) is 8.86. The fourth-order valence-electron chi connectivity index (χ4n) is 4.27. The van der Waals surface area contributed by atoms with Gasteiger partial charge in [0.05, 0.1) is 23.6 Å². The van der Waals surface area contributed by atoms with Crippen molar-refractivity contribution in [3.8, 4) is 0 Å². The van der Waals surface area contributed by atoms with E-state index in [-0.39, 0.29) is 36.7 Å². The summed E-state index contributed by atoms with van der Waals surface area (Å²) in [6.07, 6.45) is 2.13. The Kier molecular flexibility index (Phi) is 8.21. The van der Waals surface area contributed by atoms with Gasteiger partial charge in [-0.1, -0.05) is 24.3 Å². The third-order valence-electron chi connectivity index (χ3n) is 6.38. The van der Waals surface area contributed by atoms with Crippen LogP contribution in [0.1, 0.15) is 46.0 Å². The van der Waals surface area contributed by atoms with Gasteiger partial charge in [0, 0.05) is 18.8 Å². The van der Waals surface area contributed by atoms with Crippen molar-refractivity contribution in [2.75, 3.05) is 0 Å². The van der Waals surface area contributed by atoms with E-state index < -0.39 is 36.0 Å². The molecular formula is C23H30N6O5. The maximum absolute atomic E-state index is 13.1. The fourth-order valence-corrected chi connectivity index (χ4v) is 4.27. The van der Waals surface area contributed by atoms with Crippen LogP contribution < -0.4 is 16.4 Å². The van der Waals surface area contributed by atoms with Crippen LogP contribution in [0, 0.1) is 11.8 Å². The first-order valence-electron chi connectivity index (χ1n) is 11.4. The third-order valence-corrected chi connectivity index (χ3v) is 6.38. The number of benzene rings is 1. The van der Waals surface area contributed by atoms with E-state index >= 15 is 0 Å². The van der Waals surface area contributed by atoms with Crippen molar-refractivity contribution in [2.24, 2.45) is 17.6 Å². The SMILES string of the molecule is CC(NC(=O)n1nnc2ccccc21)C(=O)CC1C(=O)C(N[C@@H](C=O)CCC(N)=O)CCC1C. The molecule has 0 saturated heterocycles. The molecule has 1 saturated carbocycles. The van der Waals surface area contributed by atoms with Crippen LogP contribution in [0.2, 0.25) is 0 Å². The van der Waals surface area contributed by atoms with Crippen molar-refractivity contribution in [2.45, 2.75) is 64.1 Å². The van der Waals surface area contributed by atoms with Gasteiger partial charge in [0.2, 0.25) is 5.91 Å². The number of carbonyl (C=O) groups excluding carboxylic acids is 5. The van der Waals surface area contributed by atoms with Crippen molar-refractivity contribution in [3.63, 3.8) is 0 Å². The van der Waals surface area contributed by atoms with Gasteiger partial charge in [-0.15, -0.1) is 5.10 Å². The second-order valence-electron chi connectivity index (χ2n) is 8.86. The molecule has 1 aliphatic rings. The predicted octanol–water partition coefficient (Wildman–Crippen LogP) is 0.743. The predicted molar refractivity (Wildman–Crippen MR) is 123 cm³/mol. The van der Waals surface area contributed by atoms with E-state index in [0.29, 0.717) is 30.2 Å². The zero-order chi connectivity index (χ0) is 24.8. The number of para-hydroxylation sites is 1. The van der Waals surface area contributed by atoms with Gasteiger partial charge in [-0.05, 0) is 44.2 Å². The minimum Gasteiger partial charge on any atom is -0.370 e. The van der Waals surface area contributed by atoms with E-state index in [4.69, 9.17) is 5.73 Å². The summed E-state index contributed by atoms with van der Waals surface area (Å²) in [5.74, 6) is -1.48. The van der Waals surface area contributed by atoms with Crippen molar-refractivity contribution >= 4 is 40.8 Å². The number of aldehydes is 1. The third kappa shape index (κ3) is 5.90. The molecule has 0 bridgehead atoms. The van der Waals surface area contributed by atoms with E-state index in [1.807, 2.05) is 6.92 Å². The smallest absolute Gasteiger partial charge is 0.344 e. The van der Waals surface area contributed by atoms with E-state index in [1.165, 1.54) is 0 Å². The molecule has 11 nitrogen and oxygen atoms in total.